The van der Waals surface area contributed by atoms with Gasteiger partial charge in [0.15, 0.2) is 0 Å². The standard InChI is InChI=1S/C10H11NO3/c1-14-9-4-2-8(3-5-9)6-7-11-10(12)13/h2-7,11H,1H3,(H,12,13)/b7-6+. The minimum absolute atomic E-state index is 0.772. The van der Waals surface area contributed by atoms with Gasteiger partial charge in [0.05, 0.1) is 7.11 Å². The molecular formula is C10H11NO3. The lowest BCUT2D eigenvalue weighted by atomic mass is 10.2. The van der Waals surface area contributed by atoms with Crippen molar-refractivity contribution in [1.82, 2.24) is 5.32 Å². The molecule has 0 fully saturated rings. The Morgan fingerprint density at radius 2 is 2.07 bits per heavy atom. The molecule has 0 heterocycles. The minimum Gasteiger partial charge on any atom is -0.497 e. The van der Waals surface area contributed by atoms with E-state index >= 15 is 0 Å². The molecule has 0 saturated carbocycles. The van der Waals surface area contributed by atoms with Crippen LogP contribution in [0.4, 0.5) is 4.79 Å². The van der Waals surface area contributed by atoms with Crippen LogP contribution in [0.5, 0.6) is 5.75 Å². The summed E-state index contributed by atoms with van der Waals surface area (Å²) in [5, 5.41) is 10.4. The number of amides is 1. The number of hydrogen-bond donors (Lipinski definition) is 2. The van der Waals surface area contributed by atoms with Gasteiger partial charge < -0.3 is 9.84 Å². The van der Waals surface area contributed by atoms with Crippen molar-refractivity contribution < 1.29 is 14.6 Å². The van der Waals surface area contributed by atoms with E-state index in [4.69, 9.17) is 9.84 Å². The Kier molecular flexibility index (Phi) is 3.55. The molecule has 0 aliphatic carbocycles. The Morgan fingerprint density at radius 3 is 2.57 bits per heavy atom. The Bertz CT molecular complexity index is 330. The number of hydrogen-bond acceptors (Lipinski definition) is 2. The van der Waals surface area contributed by atoms with Crippen LogP contribution in [-0.4, -0.2) is 18.3 Å². The highest BCUT2D eigenvalue weighted by molar-refractivity contribution is 5.67. The van der Waals surface area contributed by atoms with Gasteiger partial charge in [-0.2, -0.15) is 0 Å². The summed E-state index contributed by atoms with van der Waals surface area (Å²) in [4.78, 5) is 10.1. The summed E-state index contributed by atoms with van der Waals surface area (Å²) in [6.07, 6.45) is 1.95. The van der Waals surface area contributed by atoms with Crippen LogP contribution in [0.25, 0.3) is 6.08 Å². The van der Waals surface area contributed by atoms with Crippen molar-refractivity contribution in [2.45, 2.75) is 0 Å². The highest BCUT2D eigenvalue weighted by Gasteiger charge is 1.90. The SMILES string of the molecule is COc1ccc(/C=C/NC(=O)O)cc1. The van der Waals surface area contributed by atoms with Gasteiger partial charge in [-0.3, -0.25) is 5.32 Å². The quantitative estimate of drug-likeness (QED) is 0.771. The van der Waals surface area contributed by atoms with Gasteiger partial charge in [-0.25, -0.2) is 4.79 Å². The maximum absolute atomic E-state index is 10.1. The van der Waals surface area contributed by atoms with Crippen molar-refractivity contribution in [3.63, 3.8) is 0 Å². The van der Waals surface area contributed by atoms with Gasteiger partial charge in [0.1, 0.15) is 5.75 Å². The average molecular weight is 193 g/mol. The lowest BCUT2D eigenvalue weighted by molar-refractivity contribution is 0.198. The molecule has 1 aromatic rings. The van der Waals surface area contributed by atoms with Crippen LogP contribution in [0, 0.1) is 0 Å². The minimum atomic E-state index is -1.07. The van der Waals surface area contributed by atoms with E-state index < -0.39 is 6.09 Å². The van der Waals surface area contributed by atoms with Gasteiger partial charge in [-0.15, -0.1) is 0 Å². The van der Waals surface area contributed by atoms with Gasteiger partial charge in [-0.1, -0.05) is 12.1 Å². The highest BCUT2D eigenvalue weighted by Crippen LogP contribution is 2.11. The van der Waals surface area contributed by atoms with Gasteiger partial charge in [0.2, 0.25) is 0 Å². The zero-order chi connectivity index (χ0) is 10.4. The van der Waals surface area contributed by atoms with Gasteiger partial charge in [-0.05, 0) is 23.8 Å². The lowest BCUT2D eigenvalue weighted by Gasteiger charge is -1.98. The molecule has 4 heteroatoms. The Morgan fingerprint density at radius 1 is 1.43 bits per heavy atom. The summed E-state index contributed by atoms with van der Waals surface area (Å²) < 4.78 is 4.98. The van der Waals surface area contributed by atoms with E-state index in [1.54, 1.807) is 25.3 Å². The first-order valence-electron chi connectivity index (χ1n) is 4.02. The molecular weight excluding hydrogens is 182 g/mol. The lowest BCUT2D eigenvalue weighted by Crippen LogP contribution is -2.12. The van der Waals surface area contributed by atoms with Gasteiger partial charge >= 0.3 is 6.09 Å². The summed E-state index contributed by atoms with van der Waals surface area (Å²) in [5.41, 5.74) is 0.902. The maximum Gasteiger partial charge on any atom is 0.408 e. The van der Waals surface area contributed by atoms with Crippen LogP contribution in [0.15, 0.2) is 30.5 Å². The van der Waals surface area contributed by atoms with Crippen molar-refractivity contribution in [3.8, 4) is 5.75 Å². The third kappa shape index (κ3) is 3.18. The zero-order valence-corrected chi connectivity index (χ0v) is 7.73. The van der Waals surface area contributed by atoms with E-state index in [-0.39, 0.29) is 0 Å². The average Bonchev–Trinajstić information content (AvgIpc) is 2.18. The second kappa shape index (κ2) is 4.91. The van der Waals surface area contributed by atoms with E-state index in [9.17, 15) is 4.79 Å². The number of carboxylic acid groups (broad SMARTS) is 1. The van der Waals surface area contributed by atoms with Crippen LogP contribution >= 0.6 is 0 Å². The summed E-state index contributed by atoms with van der Waals surface area (Å²) in [7, 11) is 1.59. The van der Waals surface area contributed by atoms with E-state index in [0.29, 0.717) is 0 Å². The molecule has 2 N–H and O–H groups in total. The molecule has 0 unspecified atom stereocenters. The fourth-order valence-corrected chi connectivity index (χ4v) is 0.924. The molecule has 1 rings (SSSR count). The molecule has 0 saturated heterocycles. The van der Waals surface area contributed by atoms with Crippen molar-refractivity contribution >= 4 is 12.2 Å². The first-order valence-corrected chi connectivity index (χ1v) is 4.02. The van der Waals surface area contributed by atoms with Crippen LogP contribution in [0.3, 0.4) is 0 Å². The zero-order valence-electron chi connectivity index (χ0n) is 7.73. The second-order valence-corrected chi connectivity index (χ2v) is 2.56. The third-order valence-electron chi connectivity index (χ3n) is 1.60. The smallest absolute Gasteiger partial charge is 0.408 e. The van der Waals surface area contributed by atoms with Crippen molar-refractivity contribution in [1.29, 1.82) is 0 Å². The summed E-state index contributed by atoms with van der Waals surface area (Å²) >= 11 is 0. The topological polar surface area (TPSA) is 58.6 Å². The number of ether oxygens (including phenoxy) is 1. The van der Waals surface area contributed by atoms with Crippen LogP contribution < -0.4 is 10.1 Å². The summed E-state index contributed by atoms with van der Waals surface area (Å²) in [6, 6.07) is 7.28. The molecule has 0 bridgehead atoms. The van der Waals surface area contributed by atoms with E-state index in [1.807, 2.05) is 12.1 Å². The van der Waals surface area contributed by atoms with Crippen molar-refractivity contribution in [2.24, 2.45) is 0 Å². The fourth-order valence-electron chi connectivity index (χ4n) is 0.924. The molecule has 0 aliphatic rings. The predicted molar refractivity (Wildman–Crippen MR) is 53.2 cm³/mol. The first-order chi connectivity index (χ1) is 6.72. The number of nitrogens with one attached hydrogen (secondary N) is 1. The molecule has 1 amide bonds. The van der Waals surface area contributed by atoms with Crippen molar-refractivity contribution in [3.05, 3.63) is 36.0 Å². The number of methoxy groups -OCH3 is 1. The fraction of sp³-hybridized carbons (Fsp3) is 0.100. The molecule has 74 valence electrons. The van der Waals surface area contributed by atoms with Crippen LogP contribution in [-0.2, 0) is 0 Å². The summed E-state index contributed by atoms with van der Waals surface area (Å²) in [5.74, 6) is 0.772. The normalized spacial score (nSPS) is 10.1. The van der Waals surface area contributed by atoms with Crippen LogP contribution in [0.2, 0.25) is 0 Å². The maximum atomic E-state index is 10.1. The Labute approximate surface area is 81.8 Å². The predicted octanol–water partition coefficient (Wildman–Crippen LogP) is 1.93. The molecule has 0 aromatic heterocycles. The Hall–Kier alpha value is -1.97. The molecule has 14 heavy (non-hydrogen) atoms. The molecule has 0 atom stereocenters. The monoisotopic (exact) mass is 193 g/mol. The van der Waals surface area contributed by atoms with Crippen LogP contribution in [0.1, 0.15) is 5.56 Å². The number of benzene rings is 1. The van der Waals surface area contributed by atoms with E-state index in [2.05, 4.69) is 5.32 Å². The van der Waals surface area contributed by atoms with E-state index in [1.165, 1.54) is 6.20 Å². The largest absolute Gasteiger partial charge is 0.497 e. The number of carbonyl (C=O) groups is 1. The van der Waals surface area contributed by atoms with Crippen molar-refractivity contribution in [2.75, 3.05) is 7.11 Å². The first kappa shape index (κ1) is 10.1. The molecule has 4 nitrogen and oxygen atoms in total. The molecule has 0 spiro atoms. The third-order valence-corrected chi connectivity index (χ3v) is 1.60. The molecule has 0 radical (unpaired) electrons. The highest BCUT2D eigenvalue weighted by atomic mass is 16.5. The van der Waals surface area contributed by atoms with E-state index in [0.717, 1.165) is 11.3 Å². The molecule has 1 aromatic carbocycles. The van der Waals surface area contributed by atoms with Gasteiger partial charge in [0, 0.05) is 6.20 Å². The van der Waals surface area contributed by atoms with Gasteiger partial charge in [0.25, 0.3) is 0 Å². The molecule has 0 aliphatic heterocycles. The second-order valence-electron chi connectivity index (χ2n) is 2.56. The summed E-state index contributed by atoms with van der Waals surface area (Å²) in [6.45, 7) is 0. The number of rotatable bonds is 3. The Balaban J connectivity index is 2.59.